The molecule has 0 bridgehead atoms. The van der Waals surface area contributed by atoms with E-state index in [1.165, 1.54) is 18.5 Å². The summed E-state index contributed by atoms with van der Waals surface area (Å²) in [5.41, 5.74) is 0.157. The number of halogens is 1. The lowest BCUT2D eigenvalue weighted by molar-refractivity contribution is 0.453. The molecule has 0 radical (unpaired) electrons. The molecule has 3 heterocycles. The van der Waals surface area contributed by atoms with Gasteiger partial charge >= 0.3 is 0 Å². The number of aryl methyl sites for hydroxylation is 1. The van der Waals surface area contributed by atoms with Crippen LogP contribution in [0, 0.1) is 0 Å². The Labute approximate surface area is 118 Å². The fourth-order valence-corrected chi connectivity index (χ4v) is 2.13. The third kappa shape index (κ3) is 1.92. The summed E-state index contributed by atoms with van der Waals surface area (Å²) in [4.78, 5) is 23.3. The van der Waals surface area contributed by atoms with Gasteiger partial charge in [0.2, 0.25) is 5.88 Å². The van der Waals surface area contributed by atoms with Crippen LogP contribution in [-0.2, 0) is 6.54 Å². The molecule has 7 nitrogen and oxygen atoms in total. The summed E-state index contributed by atoms with van der Waals surface area (Å²) in [5.74, 6) is 0.727. The predicted molar refractivity (Wildman–Crippen MR) is 72.8 cm³/mol. The molecule has 20 heavy (non-hydrogen) atoms. The van der Waals surface area contributed by atoms with Crippen molar-refractivity contribution in [2.45, 2.75) is 13.5 Å². The normalized spacial score (nSPS) is 11.1. The lowest BCUT2D eigenvalue weighted by Gasteiger charge is -2.06. The molecule has 3 rings (SSSR count). The molecule has 0 aromatic carbocycles. The Hall–Kier alpha value is -2.41. The van der Waals surface area contributed by atoms with Gasteiger partial charge in [-0.05, 0) is 13.0 Å². The lowest BCUT2D eigenvalue weighted by atomic mass is 10.2. The van der Waals surface area contributed by atoms with Crippen LogP contribution in [0.25, 0.3) is 17.2 Å². The molecule has 3 aromatic heterocycles. The first-order valence-electron chi connectivity index (χ1n) is 5.91. The molecular formula is C12H10ClN5O2. The van der Waals surface area contributed by atoms with Crippen LogP contribution in [0.4, 0.5) is 0 Å². The number of nitrogens with zero attached hydrogens (tertiary/aromatic N) is 5. The SMILES string of the molecule is CCn1c(-c2ccnc(O)c2)nc2nc(=O)c(Cl)cn21. The third-order valence-corrected chi connectivity index (χ3v) is 3.12. The number of fused-ring (bicyclic) bond motifs is 1. The summed E-state index contributed by atoms with van der Waals surface area (Å²) in [6, 6.07) is 3.21. The summed E-state index contributed by atoms with van der Waals surface area (Å²) in [6.07, 6.45) is 2.96. The molecule has 3 aromatic rings. The maximum absolute atomic E-state index is 11.5. The van der Waals surface area contributed by atoms with Crippen LogP contribution in [0.2, 0.25) is 5.02 Å². The van der Waals surface area contributed by atoms with Gasteiger partial charge in [-0.25, -0.2) is 9.50 Å². The van der Waals surface area contributed by atoms with Crippen LogP contribution in [0.5, 0.6) is 5.88 Å². The van der Waals surface area contributed by atoms with Gasteiger partial charge in [0, 0.05) is 24.4 Å². The van der Waals surface area contributed by atoms with Crippen LogP contribution in [0.15, 0.2) is 29.3 Å². The maximum Gasteiger partial charge on any atom is 0.293 e. The van der Waals surface area contributed by atoms with Crippen molar-refractivity contribution in [3.8, 4) is 17.3 Å². The molecule has 0 amide bonds. The first kappa shape index (κ1) is 12.6. The highest BCUT2D eigenvalue weighted by Gasteiger charge is 2.14. The smallest absolute Gasteiger partial charge is 0.293 e. The molecule has 0 spiro atoms. The monoisotopic (exact) mass is 291 g/mol. The number of aromatic nitrogens is 5. The summed E-state index contributed by atoms with van der Waals surface area (Å²) < 4.78 is 3.40. The van der Waals surface area contributed by atoms with Crippen LogP contribution in [0.1, 0.15) is 6.92 Å². The Kier molecular flexibility index (Phi) is 2.90. The molecule has 8 heteroatoms. The van der Waals surface area contributed by atoms with Gasteiger partial charge in [-0.1, -0.05) is 11.6 Å². The fourth-order valence-electron chi connectivity index (χ4n) is 2.00. The van der Waals surface area contributed by atoms with Crippen molar-refractivity contribution < 1.29 is 5.11 Å². The summed E-state index contributed by atoms with van der Waals surface area (Å²) in [7, 11) is 0. The van der Waals surface area contributed by atoms with Gasteiger partial charge in [-0.15, -0.1) is 0 Å². The van der Waals surface area contributed by atoms with Gasteiger partial charge in [0.1, 0.15) is 5.02 Å². The Morgan fingerprint density at radius 3 is 2.90 bits per heavy atom. The standard InChI is InChI=1S/C12H10ClN5O2/c1-2-17-10(7-3-4-14-9(19)5-7)15-12-16-11(20)8(13)6-18(12)17/h3-6H,2H2,1H3,(H,14,19). The number of aromatic hydroxyl groups is 1. The van der Waals surface area contributed by atoms with Crippen molar-refractivity contribution in [2.75, 3.05) is 0 Å². The minimum absolute atomic E-state index is 0.0289. The Morgan fingerprint density at radius 2 is 2.20 bits per heavy atom. The first-order valence-corrected chi connectivity index (χ1v) is 6.29. The zero-order valence-corrected chi connectivity index (χ0v) is 11.2. The molecule has 0 unspecified atom stereocenters. The molecular weight excluding hydrogens is 282 g/mol. The van der Waals surface area contributed by atoms with Gasteiger partial charge in [0.15, 0.2) is 5.82 Å². The highest BCUT2D eigenvalue weighted by molar-refractivity contribution is 6.30. The van der Waals surface area contributed by atoms with Crippen LogP contribution in [0.3, 0.4) is 0 Å². The quantitative estimate of drug-likeness (QED) is 0.770. The zero-order valence-electron chi connectivity index (χ0n) is 10.5. The largest absolute Gasteiger partial charge is 0.493 e. The van der Waals surface area contributed by atoms with Gasteiger partial charge in [-0.3, -0.25) is 9.48 Å². The number of pyridine rings is 1. The molecule has 0 aliphatic rings. The fraction of sp³-hybridized carbons (Fsp3) is 0.167. The van der Waals surface area contributed by atoms with Gasteiger partial charge in [0.05, 0.1) is 6.20 Å². The Bertz CT molecular complexity index is 855. The first-order chi connectivity index (χ1) is 9.60. The van der Waals surface area contributed by atoms with Gasteiger partial charge in [0.25, 0.3) is 11.3 Å². The summed E-state index contributed by atoms with van der Waals surface area (Å²) in [6.45, 7) is 2.52. The van der Waals surface area contributed by atoms with Crippen molar-refractivity contribution in [3.05, 3.63) is 39.9 Å². The van der Waals surface area contributed by atoms with Crippen molar-refractivity contribution >= 4 is 17.4 Å². The van der Waals surface area contributed by atoms with Crippen molar-refractivity contribution in [3.63, 3.8) is 0 Å². The molecule has 0 saturated carbocycles. The molecule has 102 valence electrons. The van der Waals surface area contributed by atoms with Crippen molar-refractivity contribution in [2.24, 2.45) is 0 Å². The minimum Gasteiger partial charge on any atom is -0.493 e. The average molecular weight is 292 g/mol. The zero-order chi connectivity index (χ0) is 14.3. The van der Waals surface area contributed by atoms with Crippen LogP contribution in [-0.4, -0.2) is 29.3 Å². The lowest BCUT2D eigenvalue weighted by Crippen LogP contribution is -2.12. The van der Waals surface area contributed by atoms with E-state index in [1.807, 2.05) is 6.92 Å². The van der Waals surface area contributed by atoms with Gasteiger partial charge in [-0.2, -0.15) is 9.97 Å². The Morgan fingerprint density at radius 1 is 1.40 bits per heavy atom. The number of hydrogen-bond acceptors (Lipinski definition) is 5. The topological polar surface area (TPSA) is 85.3 Å². The van der Waals surface area contributed by atoms with E-state index in [0.29, 0.717) is 17.9 Å². The van der Waals surface area contributed by atoms with E-state index >= 15 is 0 Å². The van der Waals surface area contributed by atoms with Crippen molar-refractivity contribution in [1.82, 2.24) is 24.1 Å². The highest BCUT2D eigenvalue weighted by atomic mass is 35.5. The summed E-state index contributed by atoms with van der Waals surface area (Å²) >= 11 is 5.81. The van der Waals surface area contributed by atoms with Crippen LogP contribution >= 0.6 is 11.6 Å². The predicted octanol–water partition coefficient (Wildman–Crippen LogP) is 1.33. The third-order valence-electron chi connectivity index (χ3n) is 2.86. The van der Waals surface area contributed by atoms with E-state index in [9.17, 15) is 9.90 Å². The Balaban J connectivity index is 2.33. The minimum atomic E-state index is -0.517. The molecule has 1 N–H and O–H groups in total. The van der Waals surface area contributed by atoms with Crippen molar-refractivity contribution in [1.29, 1.82) is 0 Å². The molecule has 0 aliphatic carbocycles. The second-order valence-electron chi connectivity index (χ2n) is 4.09. The van der Waals surface area contributed by atoms with Crippen LogP contribution < -0.4 is 5.56 Å². The molecule has 0 fully saturated rings. The second kappa shape index (κ2) is 4.61. The van der Waals surface area contributed by atoms with E-state index in [2.05, 4.69) is 15.0 Å². The maximum atomic E-state index is 11.5. The van der Waals surface area contributed by atoms with E-state index in [1.54, 1.807) is 15.3 Å². The molecule has 0 saturated heterocycles. The van der Waals surface area contributed by atoms with E-state index < -0.39 is 5.56 Å². The summed E-state index contributed by atoms with van der Waals surface area (Å²) in [5, 5.41) is 9.49. The number of rotatable bonds is 2. The highest BCUT2D eigenvalue weighted by Crippen LogP contribution is 2.21. The average Bonchev–Trinajstić information content (AvgIpc) is 2.77. The molecule has 0 aliphatic heterocycles. The van der Waals surface area contributed by atoms with E-state index in [4.69, 9.17) is 11.6 Å². The molecule has 0 atom stereocenters. The number of hydrogen-bond donors (Lipinski definition) is 1. The van der Waals surface area contributed by atoms with E-state index in [0.717, 1.165) is 0 Å². The van der Waals surface area contributed by atoms with E-state index in [-0.39, 0.29) is 16.7 Å². The van der Waals surface area contributed by atoms with Gasteiger partial charge < -0.3 is 5.11 Å². The second-order valence-corrected chi connectivity index (χ2v) is 4.50.